The van der Waals surface area contributed by atoms with E-state index in [0.717, 1.165) is 11.3 Å². The summed E-state index contributed by atoms with van der Waals surface area (Å²) >= 11 is 0. The summed E-state index contributed by atoms with van der Waals surface area (Å²) in [5.41, 5.74) is 3.17. The Hall–Kier alpha value is -3.41. The van der Waals surface area contributed by atoms with Gasteiger partial charge in [-0.15, -0.1) is 0 Å². The third-order valence-corrected chi connectivity index (χ3v) is 4.91. The van der Waals surface area contributed by atoms with Gasteiger partial charge in [-0.05, 0) is 49.2 Å². The Morgan fingerprint density at radius 1 is 1.00 bits per heavy atom. The molecule has 1 N–H and O–H groups in total. The molecule has 4 rings (SSSR count). The number of nitrogens with zero attached hydrogens (tertiary/aromatic N) is 3. The highest BCUT2D eigenvalue weighted by Gasteiger charge is 2.34. The van der Waals surface area contributed by atoms with Crippen LogP contribution in [0.4, 0.5) is 5.69 Å². The number of imide groups is 1. The van der Waals surface area contributed by atoms with Crippen LogP contribution in [0.1, 0.15) is 39.6 Å². The summed E-state index contributed by atoms with van der Waals surface area (Å²) < 4.78 is 1.88. The zero-order valence-corrected chi connectivity index (χ0v) is 15.7. The number of rotatable bonds is 7. The summed E-state index contributed by atoms with van der Waals surface area (Å²) in [6.07, 6.45) is 4.38. The SMILES string of the molecule is C[C@@H](CCN1C(=O)c2ccccc2C1=O)Nc1cccc(Cn2cccn2)c1. The van der Waals surface area contributed by atoms with Crippen molar-refractivity contribution >= 4 is 17.5 Å². The normalized spacial score (nSPS) is 14.2. The topological polar surface area (TPSA) is 67.2 Å². The van der Waals surface area contributed by atoms with E-state index in [1.807, 2.05) is 29.1 Å². The molecule has 0 bridgehead atoms. The van der Waals surface area contributed by atoms with E-state index in [1.54, 1.807) is 30.5 Å². The molecule has 1 aromatic heterocycles. The van der Waals surface area contributed by atoms with Gasteiger partial charge in [-0.3, -0.25) is 19.2 Å². The molecule has 0 fully saturated rings. The Kier molecular flexibility index (Phi) is 4.93. The number of anilines is 1. The number of fused-ring (bicyclic) bond motifs is 1. The largest absolute Gasteiger partial charge is 0.383 e. The number of hydrogen-bond donors (Lipinski definition) is 1. The van der Waals surface area contributed by atoms with Crippen LogP contribution in [0.2, 0.25) is 0 Å². The van der Waals surface area contributed by atoms with Gasteiger partial charge in [0.15, 0.2) is 0 Å². The molecule has 3 aromatic rings. The standard InChI is InChI=1S/C22H22N4O2/c1-16(10-13-26-21(27)19-8-2-3-9-20(19)22(26)28)24-18-7-4-6-17(14-18)15-25-12-5-11-23-25/h2-9,11-12,14,16,24H,10,13,15H2,1H3/t16-/m0/s1. The van der Waals surface area contributed by atoms with Gasteiger partial charge in [0.2, 0.25) is 0 Å². The smallest absolute Gasteiger partial charge is 0.261 e. The van der Waals surface area contributed by atoms with Gasteiger partial charge >= 0.3 is 0 Å². The molecule has 6 nitrogen and oxygen atoms in total. The van der Waals surface area contributed by atoms with Crippen molar-refractivity contribution in [3.05, 3.63) is 83.7 Å². The number of aromatic nitrogens is 2. The summed E-state index contributed by atoms with van der Waals surface area (Å²) in [5.74, 6) is -0.400. The summed E-state index contributed by atoms with van der Waals surface area (Å²) in [6, 6.07) is 17.2. The number of nitrogens with one attached hydrogen (secondary N) is 1. The van der Waals surface area contributed by atoms with E-state index < -0.39 is 0 Å². The highest BCUT2D eigenvalue weighted by molar-refractivity contribution is 6.21. The fourth-order valence-corrected chi connectivity index (χ4v) is 3.46. The first-order chi connectivity index (χ1) is 13.6. The van der Waals surface area contributed by atoms with Crippen LogP contribution in [0.25, 0.3) is 0 Å². The zero-order chi connectivity index (χ0) is 19.5. The second kappa shape index (κ2) is 7.68. The van der Waals surface area contributed by atoms with Gasteiger partial charge in [0.25, 0.3) is 11.8 Å². The van der Waals surface area contributed by atoms with E-state index in [2.05, 4.69) is 29.5 Å². The third kappa shape index (κ3) is 3.67. The van der Waals surface area contributed by atoms with Crippen molar-refractivity contribution in [1.82, 2.24) is 14.7 Å². The van der Waals surface area contributed by atoms with Crippen molar-refractivity contribution in [2.45, 2.75) is 25.9 Å². The molecular formula is C22H22N4O2. The maximum absolute atomic E-state index is 12.5. The molecule has 0 unspecified atom stereocenters. The quantitative estimate of drug-likeness (QED) is 0.644. The minimum Gasteiger partial charge on any atom is -0.383 e. The Morgan fingerprint density at radius 3 is 2.43 bits per heavy atom. The Bertz CT molecular complexity index is 962. The number of amides is 2. The van der Waals surface area contributed by atoms with E-state index >= 15 is 0 Å². The highest BCUT2D eigenvalue weighted by atomic mass is 16.2. The molecule has 0 spiro atoms. The number of benzene rings is 2. The van der Waals surface area contributed by atoms with Crippen LogP contribution < -0.4 is 5.32 Å². The van der Waals surface area contributed by atoms with E-state index in [1.165, 1.54) is 4.90 Å². The molecule has 0 radical (unpaired) electrons. The maximum Gasteiger partial charge on any atom is 0.261 e. The lowest BCUT2D eigenvalue weighted by Gasteiger charge is -2.19. The predicted molar refractivity (Wildman–Crippen MR) is 107 cm³/mol. The van der Waals surface area contributed by atoms with Crippen molar-refractivity contribution in [2.24, 2.45) is 0 Å². The minimum atomic E-state index is -0.200. The van der Waals surface area contributed by atoms with Gasteiger partial charge in [0.1, 0.15) is 0 Å². The van der Waals surface area contributed by atoms with Gasteiger partial charge < -0.3 is 5.32 Å². The van der Waals surface area contributed by atoms with E-state index in [-0.39, 0.29) is 17.9 Å². The molecule has 2 amide bonds. The van der Waals surface area contributed by atoms with Crippen LogP contribution in [0.3, 0.4) is 0 Å². The van der Waals surface area contributed by atoms with Crippen LogP contribution in [-0.4, -0.2) is 39.1 Å². The first-order valence-corrected chi connectivity index (χ1v) is 9.40. The molecule has 0 aliphatic carbocycles. The van der Waals surface area contributed by atoms with Gasteiger partial charge in [-0.25, -0.2) is 0 Å². The van der Waals surface area contributed by atoms with Crippen LogP contribution in [0, 0.1) is 0 Å². The molecular weight excluding hydrogens is 352 g/mol. The Morgan fingerprint density at radius 2 is 1.75 bits per heavy atom. The van der Waals surface area contributed by atoms with Crippen LogP contribution in [0.5, 0.6) is 0 Å². The van der Waals surface area contributed by atoms with Crippen LogP contribution in [0.15, 0.2) is 67.0 Å². The second-order valence-electron chi connectivity index (χ2n) is 7.05. The fourth-order valence-electron chi connectivity index (χ4n) is 3.46. The van der Waals surface area contributed by atoms with Crippen molar-refractivity contribution in [2.75, 3.05) is 11.9 Å². The first-order valence-electron chi connectivity index (χ1n) is 9.40. The van der Waals surface area contributed by atoms with Crippen LogP contribution in [-0.2, 0) is 6.54 Å². The summed E-state index contributed by atoms with van der Waals surface area (Å²) in [5, 5.41) is 7.69. The number of carbonyl (C=O) groups excluding carboxylic acids is 2. The summed E-state index contributed by atoms with van der Waals surface area (Å²) in [6.45, 7) is 3.16. The molecule has 1 aliphatic heterocycles. The monoisotopic (exact) mass is 374 g/mol. The predicted octanol–water partition coefficient (Wildman–Crippen LogP) is 3.42. The zero-order valence-electron chi connectivity index (χ0n) is 15.7. The molecule has 2 aromatic carbocycles. The average Bonchev–Trinajstić information content (AvgIpc) is 3.28. The molecule has 2 heterocycles. The molecule has 0 saturated heterocycles. The molecule has 142 valence electrons. The lowest BCUT2D eigenvalue weighted by atomic mass is 10.1. The Balaban J connectivity index is 1.35. The van der Waals surface area contributed by atoms with Crippen molar-refractivity contribution in [3.63, 3.8) is 0 Å². The van der Waals surface area contributed by atoms with Crippen molar-refractivity contribution in [1.29, 1.82) is 0 Å². The lowest BCUT2D eigenvalue weighted by molar-refractivity contribution is 0.0651. The average molecular weight is 374 g/mol. The van der Waals surface area contributed by atoms with Gasteiger partial charge in [0.05, 0.1) is 17.7 Å². The third-order valence-electron chi connectivity index (χ3n) is 4.91. The highest BCUT2D eigenvalue weighted by Crippen LogP contribution is 2.23. The molecule has 6 heteroatoms. The Labute approximate surface area is 163 Å². The fraction of sp³-hybridized carbons (Fsp3) is 0.227. The van der Waals surface area contributed by atoms with Crippen molar-refractivity contribution in [3.8, 4) is 0 Å². The van der Waals surface area contributed by atoms with Gasteiger partial charge in [0, 0.05) is 30.7 Å². The van der Waals surface area contributed by atoms with E-state index in [0.29, 0.717) is 30.6 Å². The first kappa shape index (κ1) is 18.0. The summed E-state index contributed by atoms with van der Waals surface area (Å²) in [7, 11) is 0. The second-order valence-corrected chi connectivity index (χ2v) is 7.05. The maximum atomic E-state index is 12.5. The number of carbonyl (C=O) groups is 2. The molecule has 0 saturated carbocycles. The minimum absolute atomic E-state index is 0.115. The van der Waals surface area contributed by atoms with Crippen LogP contribution >= 0.6 is 0 Å². The lowest BCUT2D eigenvalue weighted by Crippen LogP contribution is -2.33. The summed E-state index contributed by atoms with van der Waals surface area (Å²) in [4.78, 5) is 26.2. The van der Waals surface area contributed by atoms with E-state index in [4.69, 9.17) is 0 Å². The molecule has 1 atom stereocenters. The van der Waals surface area contributed by atoms with E-state index in [9.17, 15) is 9.59 Å². The van der Waals surface area contributed by atoms with Gasteiger partial charge in [-0.2, -0.15) is 5.10 Å². The number of hydrogen-bond acceptors (Lipinski definition) is 4. The molecule has 28 heavy (non-hydrogen) atoms. The van der Waals surface area contributed by atoms with Gasteiger partial charge in [-0.1, -0.05) is 24.3 Å². The molecule has 1 aliphatic rings. The van der Waals surface area contributed by atoms with Crippen molar-refractivity contribution < 1.29 is 9.59 Å².